The van der Waals surface area contributed by atoms with Crippen molar-refractivity contribution in [2.45, 2.75) is 85.6 Å². The molecule has 1 aromatic carbocycles. The van der Waals surface area contributed by atoms with E-state index in [0.717, 1.165) is 31.1 Å². The van der Waals surface area contributed by atoms with E-state index in [0.29, 0.717) is 24.2 Å². The summed E-state index contributed by atoms with van der Waals surface area (Å²) >= 11 is 6.08. The highest BCUT2D eigenvalue weighted by Crippen LogP contribution is 2.42. The van der Waals surface area contributed by atoms with Gasteiger partial charge in [-0.15, -0.1) is 0 Å². The Kier molecular flexibility index (Phi) is 13.1. The summed E-state index contributed by atoms with van der Waals surface area (Å²) in [5.74, 6) is 1.85. The van der Waals surface area contributed by atoms with Crippen LogP contribution in [0, 0.1) is 17.3 Å². The molecule has 0 aromatic heterocycles. The van der Waals surface area contributed by atoms with Crippen molar-refractivity contribution >= 4 is 17.5 Å². The van der Waals surface area contributed by atoms with Crippen molar-refractivity contribution in [3.8, 4) is 0 Å². The molecule has 2 fully saturated rings. The molecule has 186 valence electrons. The number of rotatable bonds is 7. The van der Waals surface area contributed by atoms with Crippen LogP contribution >= 0.6 is 11.6 Å². The number of carbonyl (C=O) groups excluding carboxylic acids is 1. The molecule has 3 rings (SSSR count). The van der Waals surface area contributed by atoms with E-state index >= 15 is 0 Å². The monoisotopic (exact) mass is 470 g/mol. The molecule has 0 unspecified atom stereocenters. The first-order valence-corrected chi connectivity index (χ1v) is 11.9. The summed E-state index contributed by atoms with van der Waals surface area (Å²) < 4.78 is 0. The number of halogens is 1. The molecule has 32 heavy (non-hydrogen) atoms. The standard InChI is InChI=1S/C25H39ClN2O.CH4.2H2O/c1-18(2)23(27-24(29)15-19-7-5-6-8-19)16-28-14-13-22(25(3,4)17-28)20-9-11-21(26)12-10-20;;;/h9-12,18-19,22-23H,5-8,13-17H2,1-4H3,(H,27,29);1H4;2*1H2/t22-,23+;;;/m1.../s1. The van der Waals surface area contributed by atoms with Gasteiger partial charge in [-0.25, -0.2) is 0 Å². The van der Waals surface area contributed by atoms with Gasteiger partial charge in [0.25, 0.3) is 0 Å². The van der Waals surface area contributed by atoms with Crippen LogP contribution in [0.4, 0.5) is 0 Å². The van der Waals surface area contributed by atoms with Crippen LogP contribution in [-0.2, 0) is 4.79 Å². The molecule has 0 bridgehead atoms. The first-order valence-electron chi connectivity index (χ1n) is 11.5. The van der Waals surface area contributed by atoms with Gasteiger partial charge in [-0.05, 0) is 66.7 Å². The molecule has 6 heteroatoms. The maximum absolute atomic E-state index is 12.6. The molecule has 2 atom stereocenters. The molecule has 1 aliphatic carbocycles. The summed E-state index contributed by atoms with van der Waals surface area (Å²) in [6, 6.07) is 8.61. The Morgan fingerprint density at radius 3 is 2.25 bits per heavy atom. The van der Waals surface area contributed by atoms with E-state index < -0.39 is 0 Å². The van der Waals surface area contributed by atoms with Crippen molar-refractivity contribution in [2.75, 3.05) is 19.6 Å². The number of nitrogens with one attached hydrogen (secondary N) is 1. The predicted molar refractivity (Wildman–Crippen MR) is 136 cm³/mol. The molecule has 1 aliphatic heterocycles. The van der Waals surface area contributed by atoms with Gasteiger partial charge in [-0.2, -0.15) is 0 Å². The highest BCUT2D eigenvalue weighted by atomic mass is 35.5. The van der Waals surface area contributed by atoms with Gasteiger partial charge in [0.1, 0.15) is 0 Å². The summed E-state index contributed by atoms with van der Waals surface area (Å²) in [6.45, 7) is 12.3. The van der Waals surface area contributed by atoms with Crippen LogP contribution in [0.3, 0.4) is 0 Å². The van der Waals surface area contributed by atoms with E-state index in [9.17, 15) is 4.79 Å². The van der Waals surface area contributed by atoms with E-state index in [-0.39, 0.29) is 35.7 Å². The van der Waals surface area contributed by atoms with Gasteiger partial charge in [0, 0.05) is 30.6 Å². The van der Waals surface area contributed by atoms with E-state index in [4.69, 9.17) is 11.6 Å². The number of benzene rings is 1. The number of hydrogen-bond acceptors (Lipinski definition) is 2. The normalized spacial score (nSPS) is 21.8. The van der Waals surface area contributed by atoms with Gasteiger partial charge in [0.2, 0.25) is 5.91 Å². The van der Waals surface area contributed by atoms with Gasteiger partial charge in [-0.1, -0.05) is 71.7 Å². The van der Waals surface area contributed by atoms with Crippen LogP contribution in [0.5, 0.6) is 0 Å². The van der Waals surface area contributed by atoms with E-state index in [2.05, 4.69) is 50.0 Å². The molecule has 0 spiro atoms. The number of amides is 1. The van der Waals surface area contributed by atoms with Gasteiger partial charge in [-0.3, -0.25) is 4.79 Å². The lowest BCUT2D eigenvalue weighted by Crippen LogP contribution is -2.52. The molecule has 1 heterocycles. The summed E-state index contributed by atoms with van der Waals surface area (Å²) in [4.78, 5) is 15.2. The van der Waals surface area contributed by atoms with Crippen LogP contribution < -0.4 is 5.32 Å². The molecule has 1 saturated heterocycles. The van der Waals surface area contributed by atoms with Gasteiger partial charge in [0.05, 0.1) is 0 Å². The number of hydrogen-bond donors (Lipinski definition) is 1. The smallest absolute Gasteiger partial charge is 0.220 e. The molecule has 5 nitrogen and oxygen atoms in total. The highest BCUT2D eigenvalue weighted by molar-refractivity contribution is 6.30. The molecule has 5 N–H and O–H groups in total. The maximum atomic E-state index is 12.6. The Balaban J connectivity index is 0.00000320. The van der Waals surface area contributed by atoms with Crippen LogP contribution in [0.15, 0.2) is 24.3 Å². The second kappa shape index (κ2) is 13.5. The summed E-state index contributed by atoms with van der Waals surface area (Å²) in [5, 5.41) is 4.17. The number of nitrogens with zero attached hydrogens (tertiary/aromatic N) is 1. The zero-order valence-corrected chi connectivity index (χ0v) is 20.5. The summed E-state index contributed by atoms with van der Waals surface area (Å²) in [5.41, 5.74) is 1.59. The average Bonchev–Trinajstić information content (AvgIpc) is 3.14. The van der Waals surface area contributed by atoms with Crippen molar-refractivity contribution < 1.29 is 15.7 Å². The molecular weight excluding hydrogens is 424 g/mol. The van der Waals surface area contributed by atoms with E-state index in [1.165, 1.54) is 31.2 Å². The Labute approximate surface area is 200 Å². The van der Waals surface area contributed by atoms with Gasteiger partial charge in [0.15, 0.2) is 0 Å². The lowest BCUT2D eigenvalue weighted by atomic mass is 9.70. The largest absolute Gasteiger partial charge is 0.412 e. The zero-order valence-electron chi connectivity index (χ0n) is 19.7. The van der Waals surface area contributed by atoms with Crippen LogP contribution in [-0.4, -0.2) is 47.4 Å². The van der Waals surface area contributed by atoms with E-state index in [1.807, 2.05) is 12.1 Å². The fraction of sp³-hybridized carbons (Fsp3) is 0.731. The fourth-order valence-electron chi connectivity index (χ4n) is 5.38. The summed E-state index contributed by atoms with van der Waals surface area (Å²) in [6.07, 6.45) is 6.91. The van der Waals surface area contributed by atoms with Crippen molar-refractivity contribution in [3.05, 3.63) is 34.9 Å². The molecule has 2 aliphatic rings. The topological polar surface area (TPSA) is 95.3 Å². The minimum absolute atomic E-state index is 0. The number of carbonyl (C=O) groups is 1. The van der Waals surface area contributed by atoms with Crippen LogP contribution in [0.25, 0.3) is 0 Å². The molecular formula is C26H47ClN2O3. The second-order valence-electron chi connectivity index (χ2n) is 10.4. The lowest BCUT2D eigenvalue weighted by Gasteiger charge is -2.46. The Morgan fingerprint density at radius 1 is 1.12 bits per heavy atom. The van der Waals surface area contributed by atoms with Crippen molar-refractivity contribution in [1.29, 1.82) is 0 Å². The quantitative estimate of drug-likeness (QED) is 0.615. The van der Waals surface area contributed by atoms with Gasteiger partial charge < -0.3 is 21.2 Å². The Morgan fingerprint density at radius 2 is 1.72 bits per heavy atom. The molecule has 1 saturated carbocycles. The Hall–Kier alpha value is -1.14. The molecule has 1 amide bonds. The minimum atomic E-state index is 0. The summed E-state index contributed by atoms with van der Waals surface area (Å²) in [7, 11) is 0. The number of piperidine rings is 1. The predicted octanol–water partition coefficient (Wildman–Crippen LogP) is 4.86. The van der Waals surface area contributed by atoms with Crippen LogP contribution in [0.1, 0.15) is 85.1 Å². The third-order valence-electron chi connectivity index (χ3n) is 7.14. The average molecular weight is 471 g/mol. The number of likely N-dealkylation sites (tertiary alicyclic amines) is 1. The third-order valence-corrected chi connectivity index (χ3v) is 7.39. The van der Waals surface area contributed by atoms with Gasteiger partial charge >= 0.3 is 0 Å². The molecule has 1 aromatic rings. The lowest BCUT2D eigenvalue weighted by molar-refractivity contribution is -0.123. The maximum Gasteiger partial charge on any atom is 0.220 e. The second-order valence-corrected chi connectivity index (χ2v) is 10.8. The fourth-order valence-corrected chi connectivity index (χ4v) is 5.51. The van der Waals surface area contributed by atoms with Crippen molar-refractivity contribution in [1.82, 2.24) is 10.2 Å². The first-order chi connectivity index (χ1) is 13.7. The first kappa shape index (κ1) is 30.9. The minimum Gasteiger partial charge on any atom is -0.412 e. The van der Waals surface area contributed by atoms with Crippen LogP contribution in [0.2, 0.25) is 5.02 Å². The zero-order chi connectivity index (χ0) is 21.0. The SMILES string of the molecule is C.CC(C)[C@H](CN1CC[C@H](c2ccc(Cl)cc2)C(C)(C)C1)NC(=O)CC1CCCC1.O.O. The third kappa shape index (κ3) is 8.33. The van der Waals surface area contributed by atoms with Crippen molar-refractivity contribution in [2.24, 2.45) is 17.3 Å². The Bertz CT molecular complexity index is 672. The van der Waals surface area contributed by atoms with E-state index in [1.54, 1.807) is 0 Å². The van der Waals surface area contributed by atoms with Crippen molar-refractivity contribution in [3.63, 3.8) is 0 Å². The molecule has 0 radical (unpaired) electrons. The highest BCUT2D eigenvalue weighted by Gasteiger charge is 2.37.